The largest absolute Gasteiger partial charge is 0.491 e. The van der Waals surface area contributed by atoms with E-state index in [1.807, 2.05) is 0 Å². The van der Waals surface area contributed by atoms with Crippen molar-refractivity contribution in [3.05, 3.63) is 30.1 Å². The van der Waals surface area contributed by atoms with Gasteiger partial charge in [-0.3, -0.25) is 0 Å². The Hall–Kier alpha value is -1.09. The minimum absolute atomic E-state index is 0.272. The van der Waals surface area contributed by atoms with Gasteiger partial charge in [0.05, 0.1) is 6.61 Å². The first-order valence-corrected chi connectivity index (χ1v) is 6.97. The van der Waals surface area contributed by atoms with Gasteiger partial charge < -0.3 is 10.1 Å². The molecular formula is C15H22FNO. The summed E-state index contributed by atoms with van der Waals surface area (Å²) in [5, 5.41) is 3.50. The van der Waals surface area contributed by atoms with E-state index in [0.717, 1.165) is 25.4 Å². The molecule has 3 heteroatoms. The summed E-state index contributed by atoms with van der Waals surface area (Å²) in [6.07, 6.45) is 7.32. The monoisotopic (exact) mass is 251 g/mol. The van der Waals surface area contributed by atoms with Gasteiger partial charge in [-0.05, 0) is 44.4 Å². The van der Waals surface area contributed by atoms with Gasteiger partial charge in [-0.2, -0.15) is 0 Å². The van der Waals surface area contributed by atoms with E-state index in [9.17, 15) is 4.39 Å². The lowest BCUT2D eigenvalue weighted by Crippen LogP contribution is -2.17. The first kappa shape index (κ1) is 13.3. The van der Waals surface area contributed by atoms with Crippen molar-refractivity contribution >= 4 is 0 Å². The van der Waals surface area contributed by atoms with Gasteiger partial charge in [-0.15, -0.1) is 0 Å². The standard InChI is InChI=1S/C15H22FNO/c16-14-7-3-4-8-15(14)18-12-6-2-1-5-11-17-13-9-10-13/h3-4,7-8,13,17H,1-2,5-6,9-12H2. The molecule has 1 aliphatic carbocycles. The summed E-state index contributed by atoms with van der Waals surface area (Å²) in [5.41, 5.74) is 0. The molecule has 1 saturated carbocycles. The predicted molar refractivity (Wildman–Crippen MR) is 71.4 cm³/mol. The number of para-hydroxylation sites is 1. The van der Waals surface area contributed by atoms with E-state index in [-0.39, 0.29) is 5.82 Å². The van der Waals surface area contributed by atoms with Crippen molar-refractivity contribution < 1.29 is 9.13 Å². The van der Waals surface area contributed by atoms with Crippen LogP contribution >= 0.6 is 0 Å². The molecule has 1 aromatic rings. The van der Waals surface area contributed by atoms with E-state index < -0.39 is 0 Å². The van der Waals surface area contributed by atoms with Crippen LogP contribution in [0.1, 0.15) is 38.5 Å². The van der Waals surface area contributed by atoms with Crippen molar-refractivity contribution in [2.45, 2.75) is 44.6 Å². The third-order valence-electron chi connectivity index (χ3n) is 3.18. The fourth-order valence-electron chi connectivity index (χ4n) is 1.92. The van der Waals surface area contributed by atoms with Crippen LogP contribution in [0.5, 0.6) is 5.75 Å². The molecule has 0 unspecified atom stereocenters. The molecule has 0 aromatic heterocycles. The summed E-state index contributed by atoms with van der Waals surface area (Å²) < 4.78 is 18.6. The van der Waals surface area contributed by atoms with Gasteiger partial charge >= 0.3 is 0 Å². The molecule has 2 rings (SSSR count). The van der Waals surface area contributed by atoms with E-state index in [2.05, 4.69) is 5.32 Å². The average Bonchev–Trinajstić information content (AvgIpc) is 3.19. The van der Waals surface area contributed by atoms with Crippen LogP contribution < -0.4 is 10.1 Å². The number of benzene rings is 1. The van der Waals surface area contributed by atoms with Crippen molar-refractivity contribution in [3.63, 3.8) is 0 Å². The zero-order chi connectivity index (χ0) is 12.6. The normalized spacial score (nSPS) is 14.7. The number of hydrogen-bond acceptors (Lipinski definition) is 2. The second-order valence-electron chi connectivity index (χ2n) is 4.92. The lowest BCUT2D eigenvalue weighted by molar-refractivity contribution is 0.290. The van der Waals surface area contributed by atoms with Crippen LogP contribution in [0.2, 0.25) is 0 Å². The van der Waals surface area contributed by atoms with Gasteiger partial charge in [0.2, 0.25) is 0 Å². The number of unbranched alkanes of at least 4 members (excludes halogenated alkanes) is 3. The third kappa shape index (κ3) is 5.05. The number of nitrogens with one attached hydrogen (secondary N) is 1. The zero-order valence-corrected chi connectivity index (χ0v) is 10.8. The summed E-state index contributed by atoms with van der Waals surface area (Å²) in [4.78, 5) is 0. The summed E-state index contributed by atoms with van der Waals surface area (Å²) in [7, 11) is 0. The van der Waals surface area contributed by atoms with Crippen molar-refractivity contribution in [1.29, 1.82) is 0 Å². The summed E-state index contributed by atoms with van der Waals surface area (Å²) in [6.45, 7) is 1.75. The number of ether oxygens (including phenoxy) is 1. The molecule has 100 valence electrons. The van der Waals surface area contributed by atoms with Crippen LogP contribution in [-0.2, 0) is 0 Å². The van der Waals surface area contributed by atoms with E-state index in [4.69, 9.17) is 4.74 Å². The molecule has 1 aromatic carbocycles. The highest BCUT2D eigenvalue weighted by Gasteiger charge is 2.19. The fourth-order valence-corrected chi connectivity index (χ4v) is 1.92. The molecule has 0 amide bonds. The highest BCUT2D eigenvalue weighted by Crippen LogP contribution is 2.18. The molecule has 0 bridgehead atoms. The molecule has 0 heterocycles. The summed E-state index contributed by atoms with van der Waals surface area (Å²) in [6, 6.07) is 7.39. The van der Waals surface area contributed by atoms with Crippen LogP contribution in [-0.4, -0.2) is 19.2 Å². The quantitative estimate of drug-likeness (QED) is 0.678. The van der Waals surface area contributed by atoms with Gasteiger partial charge in [-0.1, -0.05) is 25.0 Å². The van der Waals surface area contributed by atoms with Crippen molar-refractivity contribution in [1.82, 2.24) is 5.32 Å². The Bertz CT molecular complexity index is 352. The molecule has 18 heavy (non-hydrogen) atoms. The molecule has 1 N–H and O–H groups in total. The molecule has 2 nitrogen and oxygen atoms in total. The van der Waals surface area contributed by atoms with Crippen LogP contribution in [0.15, 0.2) is 24.3 Å². The topological polar surface area (TPSA) is 21.3 Å². The molecule has 0 saturated heterocycles. The Labute approximate surface area is 109 Å². The first-order valence-electron chi connectivity index (χ1n) is 6.97. The van der Waals surface area contributed by atoms with E-state index in [1.165, 1.54) is 31.7 Å². The smallest absolute Gasteiger partial charge is 0.165 e. The summed E-state index contributed by atoms with van der Waals surface area (Å²) >= 11 is 0. The Morgan fingerprint density at radius 1 is 1.11 bits per heavy atom. The number of halogens is 1. The van der Waals surface area contributed by atoms with Crippen LogP contribution in [0, 0.1) is 5.82 Å². The Morgan fingerprint density at radius 3 is 2.67 bits per heavy atom. The highest BCUT2D eigenvalue weighted by atomic mass is 19.1. The number of hydrogen-bond donors (Lipinski definition) is 1. The van der Waals surface area contributed by atoms with Crippen LogP contribution in [0.25, 0.3) is 0 Å². The number of rotatable bonds is 9. The van der Waals surface area contributed by atoms with Crippen LogP contribution in [0.4, 0.5) is 4.39 Å². The molecule has 1 aliphatic rings. The van der Waals surface area contributed by atoms with E-state index in [0.29, 0.717) is 12.4 Å². The van der Waals surface area contributed by atoms with Gasteiger partial charge in [0.1, 0.15) is 0 Å². The minimum Gasteiger partial charge on any atom is -0.491 e. The third-order valence-corrected chi connectivity index (χ3v) is 3.18. The highest BCUT2D eigenvalue weighted by molar-refractivity contribution is 5.23. The second kappa shape index (κ2) is 7.37. The first-order chi connectivity index (χ1) is 8.86. The van der Waals surface area contributed by atoms with Crippen LogP contribution in [0.3, 0.4) is 0 Å². The van der Waals surface area contributed by atoms with Gasteiger partial charge in [0.15, 0.2) is 11.6 Å². The molecule has 1 fully saturated rings. The SMILES string of the molecule is Fc1ccccc1OCCCCCCNC1CC1. The van der Waals surface area contributed by atoms with E-state index >= 15 is 0 Å². The Balaban J connectivity index is 1.44. The van der Waals surface area contributed by atoms with E-state index in [1.54, 1.807) is 18.2 Å². The van der Waals surface area contributed by atoms with Crippen molar-refractivity contribution in [2.75, 3.05) is 13.2 Å². The molecule has 0 atom stereocenters. The average molecular weight is 251 g/mol. The van der Waals surface area contributed by atoms with Crippen molar-refractivity contribution in [2.24, 2.45) is 0 Å². The Morgan fingerprint density at radius 2 is 1.89 bits per heavy atom. The summed E-state index contributed by atoms with van der Waals surface area (Å²) in [5.74, 6) is 0.0963. The van der Waals surface area contributed by atoms with Gasteiger partial charge in [0, 0.05) is 6.04 Å². The molecule has 0 aliphatic heterocycles. The van der Waals surface area contributed by atoms with Gasteiger partial charge in [-0.25, -0.2) is 4.39 Å². The maximum atomic E-state index is 13.2. The zero-order valence-electron chi connectivity index (χ0n) is 10.8. The molecular weight excluding hydrogens is 229 g/mol. The maximum absolute atomic E-state index is 13.2. The molecule has 0 radical (unpaired) electrons. The minimum atomic E-state index is -0.272. The lowest BCUT2D eigenvalue weighted by Gasteiger charge is -2.07. The predicted octanol–water partition coefficient (Wildman–Crippen LogP) is 3.52. The lowest BCUT2D eigenvalue weighted by atomic mass is 10.2. The fraction of sp³-hybridized carbons (Fsp3) is 0.600. The Kier molecular flexibility index (Phi) is 5.46. The molecule has 0 spiro atoms. The second-order valence-corrected chi connectivity index (χ2v) is 4.92. The van der Waals surface area contributed by atoms with Gasteiger partial charge in [0.25, 0.3) is 0 Å². The van der Waals surface area contributed by atoms with Crippen molar-refractivity contribution in [3.8, 4) is 5.75 Å². The maximum Gasteiger partial charge on any atom is 0.165 e.